The zero-order chi connectivity index (χ0) is 14.7. The van der Waals surface area contributed by atoms with Crippen molar-refractivity contribution in [2.24, 2.45) is 11.7 Å². The molecule has 1 unspecified atom stereocenters. The molecule has 0 saturated carbocycles. The van der Waals surface area contributed by atoms with Gasteiger partial charge in [0.25, 0.3) is 0 Å². The Bertz CT molecular complexity index is 493. The molecule has 0 fully saturated rings. The van der Waals surface area contributed by atoms with E-state index < -0.39 is 17.9 Å². The van der Waals surface area contributed by atoms with E-state index in [1.54, 1.807) is 13.8 Å². The molecule has 0 spiro atoms. The van der Waals surface area contributed by atoms with Crippen molar-refractivity contribution < 1.29 is 14.3 Å². The van der Waals surface area contributed by atoms with Crippen molar-refractivity contribution >= 4 is 17.7 Å². The van der Waals surface area contributed by atoms with Crippen LogP contribution in [0.15, 0.2) is 0 Å². The maximum atomic E-state index is 11.7. The van der Waals surface area contributed by atoms with Gasteiger partial charge in [0.05, 0.1) is 6.61 Å². The molecule has 0 aliphatic carbocycles. The smallest absolute Gasteiger partial charge is 0.360 e. The van der Waals surface area contributed by atoms with Gasteiger partial charge in [-0.2, -0.15) is 0 Å². The number of primary amides is 1. The highest BCUT2D eigenvalue weighted by Crippen LogP contribution is 2.26. The minimum absolute atomic E-state index is 0.0197. The maximum absolute atomic E-state index is 11.7. The number of carbonyl (C=O) groups is 2. The number of rotatable bonds is 5. The summed E-state index contributed by atoms with van der Waals surface area (Å²) >= 11 is 0. The monoisotopic (exact) mass is 268 g/mol. The molecule has 0 aliphatic heterocycles. The van der Waals surface area contributed by atoms with E-state index in [1.165, 1.54) is 4.57 Å². The summed E-state index contributed by atoms with van der Waals surface area (Å²) in [6.07, 6.45) is 0. The Labute approximate surface area is 111 Å². The summed E-state index contributed by atoms with van der Waals surface area (Å²) in [5.41, 5.74) is 11.3. The van der Waals surface area contributed by atoms with Gasteiger partial charge in [0.15, 0.2) is 5.69 Å². The number of imidazole rings is 1. The zero-order valence-electron chi connectivity index (χ0n) is 11.6. The first-order valence-electron chi connectivity index (χ1n) is 6.11. The molecule has 1 aromatic rings. The van der Waals surface area contributed by atoms with Gasteiger partial charge in [-0.25, -0.2) is 9.78 Å². The number of carbonyl (C=O) groups excluding carboxylic acids is 2. The second-order valence-electron chi connectivity index (χ2n) is 4.57. The van der Waals surface area contributed by atoms with Crippen molar-refractivity contribution in [2.75, 3.05) is 12.3 Å². The SMILES string of the molecule is CCOC(=O)c1nc(C)n(C(C(N)=O)C(C)C)c1N. The van der Waals surface area contributed by atoms with E-state index in [9.17, 15) is 9.59 Å². The summed E-state index contributed by atoms with van der Waals surface area (Å²) in [5, 5.41) is 0. The lowest BCUT2D eigenvalue weighted by atomic mass is 10.0. The third kappa shape index (κ3) is 2.86. The van der Waals surface area contributed by atoms with Crippen molar-refractivity contribution in [2.45, 2.75) is 33.7 Å². The molecule has 1 atom stereocenters. The van der Waals surface area contributed by atoms with Crippen LogP contribution in [0.2, 0.25) is 0 Å². The third-order valence-electron chi connectivity index (χ3n) is 2.79. The molecule has 0 saturated heterocycles. The molecule has 0 radical (unpaired) electrons. The molecule has 4 N–H and O–H groups in total. The second kappa shape index (κ2) is 5.73. The number of nitrogen functional groups attached to an aromatic ring is 1. The lowest BCUT2D eigenvalue weighted by Crippen LogP contribution is -2.32. The Morgan fingerprint density at radius 2 is 2.00 bits per heavy atom. The van der Waals surface area contributed by atoms with Crippen LogP contribution in [0.4, 0.5) is 5.82 Å². The maximum Gasteiger partial charge on any atom is 0.360 e. The average Bonchev–Trinajstić information content (AvgIpc) is 2.57. The first kappa shape index (κ1) is 15.0. The molecule has 0 aromatic carbocycles. The Hall–Kier alpha value is -2.05. The highest BCUT2D eigenvalue weighted by Gasteiger charge is 2.29. The molecule has 106 valence electrons. The Morgan fingerprint density at radius 1 is 1.42 bits per heavy atom. The van der Waals surface area contributed by atoms with Gasteiger partial charge in [0.2, 0.25) is 5.91 Å². The van der Waals surface area contributed by atoms with Crippen molar-refractivity contribution in [3.63, 3.8) is 0 Å². The van der Waals surface area contributed by atoms with Gasteiger partial charge < -0.3 is 20.8 Å². The van der Waals surface area contributed by atoms with Crippen molar-refractivity contribution in [3.05, 3.63) is 11.5 Å². The van der Waals surface area contributed by atoms with Gasteiger partial charge in [0.1, 0.15) is 17.7 Å². The summed E-state index contributed by atoms with van der Waals surface area (Å²) < 4.78 is 6.35. The van der Waals surface area contributed by atoms with Gasteiger partial charge >= 0.3 is 5.97 Å². The van der Waals surface area contributed by atoms with Crippen molar-refractivity contribution in [1.29, 1.82) is 0 Å². The summed E-state index contributed by atoms with van der Waals surface area (Å²) in [4.78, 5) is 27.3. The molecular weight excluding hydrogens is 248 g/mol. The van der Waals surface area contributed by atoms with Crippen LogP contribution < -0.4 is 11.5 Å². The van der Waals surface area contributed by atoms with E-state index in [2.05, 4.69) is 4.98 Å². The number of hydrogen-bond acceptors (Lipinski definition) is 5. The number of anilines is 1. The number of amides is 1. The van der Waals surface area contributed by atoms with Gasteiger partial charge in [-0.05, 0) is 19.8 Å². The minimum Gasteiger partial charge on any atom is -0.461 e. The molecule has 0 aliphatic rings. The Balaban J connectivity index is 3.30. The molecule has 1 rings (SSSR count). The van der Waals surface area contributed by atoms with Crippen LogP contribution in [0.5, 0.6) is 0 Å². The summed E-state index contributed by atoms with van der Waals surface area (Å²) in [6.45, 7) is 7.28. The summed E-state index contributed by atoms with van der Waals surface area (Å²) in [6, 6.07) is -0.643. The fourth-order valence-electron chi connectivity index (χ4n) is 2.02. The molecule has 1 heterocycles. The number of nitrogens with two attached hydrogens (primary N) is 2. The number of nitrogens with zero attached hydrogens (tertiary/aromatic N) is 2. The first-order chi connectivity index (χ1) is 8.81. The lowest BCUT2D eigenvalue weighted by molar-refractivity contribution is -0.122. The summed E-state index contributed by atoms with van der Waals surface area (Å²) in [5.74, 6) is -0.624. The number of hydrogen-bond donors (Lipinski definition) is 2. The molecular formula is C12H20N4O3. The van der Waals surface area contributed by atoms with Gasteiger partial charge in [-0.1, -0.05) is 13.8 Å². The van der Waals surface area contributed by atoms with Gasteiger partial charge in [-0.15, -0.1) is 0 Å². The van der Waals surface area contributed by atoms with Gasteiger partial charge in [-0.3, -0.25) is 4.79 Å². The number of aryl methyl sites for hydroxylation is 1. The highest BCUT2D eigenvalue weighted by atomic mass is 16.5. The zero-order valence-corrected chi connectivity index (χ0v) is 11.6. The van der Waals surface area contributed by atoms with E-state index in [0.29, 0.717) is 5.82 Å². The Kier molecular flexibility index (Phi) is 4.52. The van der Waals surface area contributed by atoms with E-state index in [-0.39, 0.29) is 24.0 Å². The van der Waals surface area contributed by atoms with E-state index in [1.807, 2.05) is 13.8 Å². The lowest BCUT2D eigenvalue weighted by Gasteiger charge is -2.21. The first-order valence-corrected chi connectivity index (χ1v) is 6.11. The molecule has 19 heavy (non-hydrogen) atoms. The molecule has 7 heteroatoms. The number of aromatic nitrogens is 2. The minimum atomic E-state index is -0.643. The largest absolute Gasteiger partial charge is 0.461 e. The van der Waals surface area contributed by atoms with E-state index in [4.69, 9.17) is 16.2 Å². The molecule has 1 amide bonds. The van der Waals surface area contributed by atoms with Crippen molar-refractivity contribution in [1.82, 2.24) is 9.55 Å². The van der Waals surface area contributed by atoms with Crippen molar-refractivity contribution in [3.8, 4) is 0 Å². The van der Waals surface area contributed by atoms with Crippen LogP contribution >= 0.6 is 0 Å². The predicted octanol–water partition coefficient (Wildman–Crippen LogP) is 0.633. The van der Waals surface area contributed by atoms with E-state index >= 15 is 0 Å². The third-order valence-corrected chi connectivity index (χ3v) is 2.79. The van der Waals surface area contributed by atoms with Crippen LogP contribution in [0.3, 0.4) is 0 Å². The molecule has 7 nitrogen and oxygen atoms in total. The second-order valence-corrected chi connectivity index (χ2v) is 4.57. The highest BCUT2D eigenvalue weighted by molar-refractivity contribution is 5.93. The summed E-state index contributed by atoms with van der Waals surface area (Å²) in [7, 11) is 0. The Morgan fingerprint density at radius 3 is 2.42 bits per heavy atom. The van der Waals surface area contributed by atoms with Gasteiger partial charge in [0, 0.05) is 0 Å². The van der Waals surface area contributed by atoms with Crippen LogP contribution in [0, 0.1) is 12.8 Å². The topological polar surface area (TPSA) is 113 Å². The quantitative estimate of drug-likeness (QED) is 0.760. The fraction of sp³-hybridized carbons (Fsp3) is 0.583. The predicted molar refractivity (Wildman–Crippen MR) is 70.4 cm³/mol. The van der Waals surface area contributed by atoms with Crippen LogP contribution in [0.1, 0.15) is 43.1 Å². The fourth-order valence-corrected chi connectivity index (χ4v) is 2.02. The van der Waals surface area contributed by atoms with Crippen LogP contribution in [-0.2, 0) is 9.53 Å². The van der Waals surface area contributed by atoms with Crippen LogP contribution in [-0.4, -0.2) is 28.0 Å². The average molecular weight is 268 g/mol. The molecule has 1 aromatic heterocycles. The number of esters is 1. The molecule has 0 bridgehead atoms. The standard InChI is InChI=1S/C12H20N4O3/c1-5-19-12(18)8-10(13)16(7(4)15-8)9(6(2)3)11(14)17/h6,9H,5,13H2,1-4H3,(H2,14,17). The van der Waals surface area contributed by atoms with E-state index in [0.717, 1.165) is 0 Å². The van der Waals surface area contributed by atoms with Crippen LogP contribution in [0.25, 0.3) is 0 Å². The number of ether oxygens (including phenoxy) is 1. The normalized spacial score (nSPS) is 12.5.